The van der Waals surface area contributed by atoms with Crippen molar-refractivity contribution in [3.63, 3.8) is 0 Å². The largest absolute Gasteiger partial charge is 0.484 e. The smallest absolute Gasteiger partial charge is 0.170 e. The van der Waals surface area contributed by atoms with Crippen molar-refractivity contribution in [2.24, 2.45) is 0 Å². The number of fused-ring (bicyclic) bond motifs is 1. The van der Waals surface area contributed by atoms with Crippen molar-refractivity contribution in [3.05, 3.63) is 61.5 Å². The van der Waals surface area contributed by atoms with Crippen LogP contribution in [-0.2, 0) is 0 Å². The van der Waals surface area contributed by atoms with Crippen molar-refractivity contribution in [2.45, 2.75) is 12.5 Å². The lowest BCUT2D eigenvalue weighted by Gasteiger charge is -2.25. The fraction of sp³-hybridized carbons (Fsp3) is 0.133. The molecule has 1 unspecified atom stereocenters. The highest BCUT2D eigenvalue weighted by molar-refractivity contribution is 9.10. The summed E-state index contributed by atoms with van der Waals surface area (Å²) < 4.78 is 7.62. The van der Waals surface area contributed by atoms with Gasteiger partial charge in [0.15, 0.2) is 5.78 Å². The maximum absolute atomic E-state index is 12.2. The van der Waals surface area contributed by atoms with Crippen LogP contribution in [0.5, 0.6) is 5.75 Å². The number of Topliss-reactive ketones (excluding diaryl/α,β-unsaturated/α-hetero) is 1. The molecule has 1 atom stereocenters. The molecule has 2 nitrogen and oxygen atoms in total. The van der Waals surface area contributed by atoms with Crippen LogP contribution in [0.1, 0.15) is 28.4 Å². The molecular weight excluding hydrogens is 407 g/mol. The normalized spacial score (nSPS) is 17.6. The van der Waals surface area contributed by atoms with Gasteiger partial charge in [-0.1, -0.05) is 33.6 Å². The van der Waals surface area contributed by atoms with Gasteiger partial charge in [0.05, 0.1) is 17.0 Å². The quantitative estimate of drug-likeness (QED) is 0.607. The topological polar surface area (TPSA) is 26.3 Å². The summed E-state index contributed by atoms with van der Waals surface area (Å²) in [4.78, 5) is 12.2. The molecule has 0 saturated heterocycles. The molecule has 0 bridgehead atoms. The maximum Gasteiger partial charge on any atom is 0.170 e. The number of ketones is 1. The Balaban J connectivity index is 1.97. The van der Waals surface area contributed by atoms with Crippen LogP contribution in [0.2, 0.25) is 5.02 Å². The standard InChI is InChI=1S/C15H9Br2ClO2/c16-9-2-4-14-10(6-9)13(19)7-15(20-14)8-1-3-11(17)12(18)5-8/h1-6,15H,7H2. The van der Waals surface area contributed by atoms with E-state index in [-0.39, 0.29) is 11.9 Å². The molecular formula is C15H9Br2ClO2. The third-order valence-corrected chi connectivity index (χ3v) is 4.92. The number of halogens is 3. The van der Waals surface area contributed by atoms with Gasteiger partial charge in [-0.25, -0.2) is 0 Å². The van der Waals surface area contributed by atoms with Gasteiger partial charge in [0.25, 0.3) is 0 Å². The van der Waals surface area contributed by atoms with E-state index >= 15 is 0 Å². The average Bonchev–Trinajstić information content (AvgIpc) is 2.42. The third-order valence-electron chi connectivity index (χ3n) is 3.20. The van der Waals surface area contributed by atoms with E-state index in [0.717, 1.165) is 14.5 Å². The van der Waals surface area contributed by atoms with Gasteiger partial charge in [0, 0.05) is 8.95 Å². The highest BCUT2D eigenvalue weighted by Gasteiger charge is 2.28. The number of benzene rings is 2. The summed E-state index contributed by atoms with van der Waals surface area (Å²) in [7, 11) is 0. The SMILES string of the molecule is O=C1CC(c2ccc(Br)c(Cl)c2)Oc2ccc(Br)cc21. The average molecular weight is 416 g/mol. The van der Waals surface area contributed by atoms with Gasteiger partial charge < -0.3 is 4.74 Å². The van der Waals surface area contributed by atoms with E-state index in [1.54, 1.807) is 6.07 Å². The second-order valence-corrected chi connectivity index (χ2v) is 6.73. The molecule has 0 radical (unpaired) electrons. The molecule has 0 amide bonds. The molecule has 5 heteroatoms. The molecule has 0 spiro atoms. The van der Waals surface area contributed by atoms with Crippen LogP contribution in [0.3, 0.4) is 0 Å². The van der Waals surface area contributed by atoms with Crippen LogP contribution in [0.15, 0.2) is 45.3 Å². The molecule has 0 saturated carbocycles. The second-order valence-electron chi connectivity index (χ2n) is 4.55. The van der Waals surface area contributed by atoms with Gasteiger partial charge in [-0.2, -0.15) is 0 Å². The molecule has 20 heavy (non-hydrogen) atoms. The van der Waals surface area contributed by atoms with Crippen molar-refractivity contribution in [1.29, 1.82) is 0 Å². The number of hydrogen-bond donors (Lipinski definition) is 0. The predicted octanol–water partition coefficient (Wildman–Crippen LogP) is 5.57. The van der Waals surface area contributed by atoms with Crippen LogP contribution in [0.25, 0.3) is 0 Å². The first kappa shape index (κ1) is 14.1. The minimum absolute atomic E-state index is 0.0802. The van der Waals surface area contributed by atoms with Crippen molar-refractivity contribution in [2.75, 3.05) is 0 Å². The highest BCUT2D eigenvalue weighted by atomic mass is 79.9. The molecule has 102 valence electrons. The fourth-order valence-electron chi connectivity index (χ4n) is 2.19. The van der Waals surface area contributed by atoms with Crippen LogP contribution in [0, 0.1) is 0 Å². The summed E-state index contributed by atoms with van der Waals surface area (Å²) in [5, 5.41) is 0.611. The molecule has 1 heterocycles. The van der Waals surface area contributed by atoms with Crippen molar-refractivity contribution in [1.82, 2.24) is 0 Å². The Bertz CT molecular complexity index is 700. The number of ether oxygens (including phenoxy) is 1. The Morgan fingerprint density at radius 1 is 1.15 bits per heavy atom. The molecule has 2 aromatic carbocycles. The minimum atomic E-state index is -0.290. The zero-order valence-corrected chi connectivity index (χ0v) is 14.1. The Morgan fingerprint density at radius 3 is 2.70 bits per heavy atom. The zero-order chi connectivity index (χ0) is 14.3. The van der Waals surface area contributed by atoms with Crippen molar-refractivity contribution < 1.29 is 9.53 Å². The van der Waals surface area contributed by atoms with E-state index in [0.29, 0.717) is 22.8 Å². The summed E-state index contributed by atoms with van der Waals surface area (Å²) >= 11 is 12.8. The van der Waals surface area contributed by atoms with Gasteiger partial charge in [0.1, 0.15) is 11.9 Å². The summed E-state index contributed by atoms with van der Waals surface area (Å²) in [6, 6.07) is 11.1. The van der Waals surface area contributed by atoms with Crippen molar-refractivity contribution >= 4 is 49.2 Å². The van der Waals surface area contributed by atoms with Crippen LogP contribution in [0.4, 0.5) is 0 Å². The van der Waals surface area contributed by atoms with Gasteiger partial charge in [-0.15, -0.1) is 0 Å². The Morgan fingerprint density at radius 2 is 1.95 bits per heavy atom. The Hall–Kier alpha value is -0.840. The first-order chi connectivity index (χ1) is 9.54. The molecule has 0 N–H and O–H groups in total. The van der Waals surface area contributed by atoms with E-state index in [9.17, 15) is 4.79 Å². The number of rotatable bonds is 1. The molecule has 0 aromatic heterocycles. The predicted molar refractivity (Wildman–Crippen MR) is 85.6 cm³/mol. The molecule has 0 fully saturated rings. The summed E-state index contributed by atoms with van der Waals surface area (Å²) in [5.74, 6) is 0.699. The van der Waals surface area contributed by atoms with E-state index in [2.05, 4.69) is 31.9 Å². The molecule has 1 aliphatic rings. The minimum Gasteiger partial charge on any atom is -0.484 e. The first-order valence-electron chi connectivity index (χ1n) is 5.99. The first-order valence-corrected chi connectivity index (χ1v) is 7.95. The van der Waals surface area contributed by atoms with E-state index in [1.165, 1.54) is 0 Å². The number of hydrogen-bond acceptors (Lipinski definition) is 2. The number of carbonyl (C=O) groups is 1. The van der Waals surface area contributed by atoms with E-state index in [1.807, 2.05) is 30.3 Å². The second kappa shape index (κ2) is 5.51. The lowest BCUT2D eigenvalue weighted by atomic mass is 9.96. The zero-order valence-electron chi connectivity index (χ0n) is 10.2. The van der Waals surface area contributed by atoms with Crippen LogP contribution in [-0.4, -0.2) is 5.78 Å². The molecule has 2 aromatic rings. The maximum atomic E-state index is 12.2. The molecule has 3 rings (SSSR count). The van der Waals surface area contributed by atoms with Crippen LogP contribution < -0.4 is 4.74 Å². The van der Waals surface area contributed by atoms with Gasteiger partial charge in [-0.05, 0) is 51.8 Å². The lowest BCUT2D eigenvalue weighted by Crippen LogP contribution is -2.20. The van der Waals surface area contributed by atoms with Crippen LogP contribution >= 0.6 is 43.5 Å². The summed E-state index contributed by atoms with van der Waals surface area (Å²) in [6.45, 7) is 0. The molecule has 0 aliphatic carbocycles. The fourth-order valence-corrected chi connectivity index (χ4v) is 2.99. The Labute approximate surface area is 138 Å². The summed E-state index contributed by atoms with van der Waals surface area (Å²) in [6.07, 6.45) is 0.0308. The monoisotopic (exact) mass is 414 g/mol. The van der Waals surface area contributed by atoms with E-state index in [4.69, 9.17) is 16.3 Å². The van der Waals surface area contributed by atoms with Gasteiger partial charge >= 0.3 is 0 Å². The molecule has 1 aliphatic heterocycles. The lowest BCUT2D eigenvalue weighted by molar-refractivity contribution is 0.0850. The third kappa shape index (κ3) is 2.65. The highest BCUT2D eigenvalue weighted by Crippen LogP contribution is 2.37. The number of carbonyl (C=O) groups excluding carboxylic acids is 1. The van der Waals surface area contributed by atoms with E-state index < -0.39 is 0 Å². The van der Waals surface area contributed by atoms with Gasteiger partial charge in [0.2, 0.25) is 0 Å². The Kier molecular flexibility index (Phi) is 3.89. The van der Waals surface area contributed by atoms with Crippen molar-refractivity contribution in [3.8, 4) is 5.75 Å². The van der Waals surface area contributed by atoms with Gasteiger partial charge in [-0.3, -0.25) is 4.79 Å². The summed E-state index contributed by atoms with van der Waals surface area (Å²) in [5.41, 5.74) is 1.53.